The molecular weight excluding hydrogens is 246 g/mol. The summed E-state index contributed by atoms with van der Waals surface area (Å²) in [6.07, 6.45) is 0.936. The van der Waals surface area contributed by atoms with Crippen LogP contribution in [0.5, 0.6) is 0 Å². The van der Waals surface area contributed by atoms with Crippen LogP contribution in [0.3, 0.4) is 0 Å². The number of nitrogens with zero attached hydrogens (tertiary/aromatic N) is 1. The normalized spacial score (nSPS) is 13.6. The summed E-state index contributed by atoms with van der Waals surface area (Å²) in [4.78, 5) is 22.2. The number of hydrogen-bond donors (Lipinski definition) is 2. The molecule has 19 heavy (non-hydrogen) atoms. The minimum atomic E-state index is -0.593. The predicted molar refractivity (Wildman–Crippen MR) is 73.9 cm³/mol. The zero-order valence-electron chi connectivity index (χ0n) is 11.3. The van der Waals surface area contributed by atoms with Crippen LogP contribution in [0.4, 0.5) is 11.4 Å². The molecule has 0 aromatic heterocycles. The Morgan fingerprint density at radius 2 is 2.11 bits per heavy atom. The molecule has 2 unspecified atom stereocenters. The summed E-state index contributed by atoms with van der Waals surface area (Å²) in [7, 11) is 0. The zero-order chi connectivity index (χ0) is 14.6. The van der Waals surface area contributed by atoms with Crippen molar-refractivity contribution in [1.82, 2.24) is 5.32 Å². The SMILES string of the molecule is CCC(C)C(C)NC(=O)c1cccc([N+](=O)[O-])c1N. The molecule has 0 fully saturated rings. The number of nitrogens with one attached hydrogen (secondary N) is 1. The molecule has 0 bridgehead atoms. The van der Waals surface area contributed by atoms with Gasteiger partial charge >= 0.3 is 0 Å². The summed E-state index contributed by atoms with van der Waals surface area (Å²) < 4.78 is 0. The first-order valence-corrected chi connectivity index (χ1v) is 6.22. The summed E-state index contributed by atoms with van der Waals surface area (Å²) in [5.41, 5.74) is 5.47. The van der Waals surface area contributed by atoms with E-state index in [1.165, 1.54) is 18.2 Å². The minimum absolute atomic E-state index is 0.0174. The van der Waals surface area contributed by atoms with Crippen LogP contribution < -0.4 is 11.1 Å². The van der Waals surface area contributed by atoms with Crippen molar-refractivity contribution in [2.24, 2.45) is 5.92 Å². The first-order valence-electron chi connectivity index (χ1n) is 6.22. The lowest BCUT2D eigenvalue weighted by molar-refractivity contribution is -0.383. The molecule has 1 aromatic rings. The molecule has 104 valence electrons. The highest BCUT2D eigenvalue weighted by Crippen LogP contribution is 2.24. The Balaban J connectivity index is 2.95. The molecule has 6 heteroatoms. The van der Waals surface area contributed by atoms with Crippen LogP contribution in [0.15, 0.2) is 18.2 Å². The van der Waals surface area contributed by atoms with Gasteiger partial charge in [0.1, 0.15) is 5.69 Å². The van der Waals surface area contributed by atoms with E-state index < -0.39 is 4.92 Å². The van der Waals surface area contributed by atoms with E-state index in [2.05, 4.69) is 5.32 Å². The molecule has 0 heterocycles. The minimum Gasteiger partial charge on any atom is -0.393 e. The molecule has 0 saturated heterocycles. The number of benzene rings is 1. The third-order valence-corrected chi connectivity index (χ3v) is 3.38. The van der Waals surface area contributed by atoms with Gasteiger partial charge in [-0.25, -0.2) is 0 Å². The third kappa shape index (κ3) is 3.43. The molecule has 1 rings (SSSR count). The average Bonchev–Trinajstić information content (AvgIpc) is 2.37. The maximum Gasteiger partial charge on any atom is 0.292 e. The van der Waals surface area contributed by atoms with E-state index in [0.29, 0.717) is 5.92 Å². The van der Waals surface area contributed by atoms with Crippen molar-refractivity contribution in [2.45, 2.75) is 33.2 Å². The fraction of sp³-hybridized carbons (Fsp3) is 0.462. The van der Waals surface area contributed by atoms with E-state index in [0.717, 1.165) is 6.42 Å². The van der Waals surface area contributed by atoms with Gasteiger partial charge in [0.2, 0.25) is 0 Å². The predicted octanol–water partition coefficient (Wildman–Crippen LogP) is 2.34. The Labute approximate surface area is 112 Å². The summed E-state index contributed by atoms with van der Waals surface area (Å²) in [5, 5.41) is 13.6. The second kappa shape index (κ2) is 6.17. The largest absolute Gasteiger partial charge is 0.393 e. The number of rotatable bonds is 5. The van der Waals surface area contributed by atoms with Gasteiger partial charge in [0, 0.05) is 12.1 Å². The van der Waals surface area contributed by atoms with E-state index in [9.17, 15) is 14.9 Å². The van der Waals surface area contributed by atoms with Crippen molar-refractivity contribution < 1.29 is 9.72 Å². The average molecular weight is 265 g/mol. The Hall–Kier alpha value is -2.11. The van der Waals surface area contributed by atoms with Gasteiger partial charge in [-0.3, -0.25) is 14.9 Å². The Morgan fingerprint density at radius 3 is 2.63 bits per heavy atom. The third-order valence-electron chi connectivity index (χ3n) is 3.38. The second-order valence-electron chi connectivity index (χ2n) is 4.64. The molecule has 6 nitrogen and oxygen atoms in total. The summed E-state index contributed by atoms with van der Waals surface area (Å²) in [5.74, 6) is -0.0575. The number of anilines is 1. The zero-order valence-corrected chi connectivity index (χ0v) is 11.3. The lowest BCUT2D eigenvalue weighted by Gasteiger charge is -2.20. The molecule has 2 atom stereocenters. The van der Waals surface area contributed by atoms with Crippen LogP contribution in [0.2, 0.25) is 0 Å². The first-order chi connectivity index (χ1) is 8.88. The van der Waals surface area contributed by atoms with Crippen LogP contribution in [0.25, 0.3) is 0 Å². The number of nitrogen functional groups attached to an aromatic ring is 1. The molecular formula is C13H19N3O3. The van der Waals surface area contributed by atoms with Crippen molar-refractivity contribution >= 4 is 17.3 Å². The van der Waals surface area contributed by atoms with E-state index in [1.807, 2.05) is 20.8 Å². The smallest absolute Gasteiger partial charge is 0.292 e. The van der Waals surface area contributed by atoms with Crippen molar-refractivity contribution in [3.8, 4) is 0 Å². The fourth-order valence-corrected chi connectivity index (χ4v) is 1.69. The highest BCUT2D eigenvalue weighted by Gasteiger charge is 2.21. The topological polar surface area (TPSA) is 98.3 Å². The molecule has 1 amide bonds. The van der Waals surface area contributed by atoms with Gasteiger partial charge in [0.25, 0.3) is 11.6 Å². The van der Waals surface area contributed by atoms with E-state index >= 15 is 0 Å². The number of carbonyl (C=O) groups is 1. The number of amides is 1. The highest BCUT2D eigenvalue weighted by atomic mass is 16.6. The molecule has 0 radical (unpaired) electrons. The first kappa shape index (κ1) is 14.9. The summed E-state index contributed by atoms with van der Waals surface area (Å²) in [6.45, 7) is 5.97. The fourth-order valence-electron chi connectivity index (χ4n) is 1.69. The second-order valence-corrected chi connectivity index (χ2v) is 4.64. The van der Waals surface area contributed by atoms with Crippen LogP contribution >= 0.6 is 0 Å². The highest BCUT2D eigenvalue weighted by molar-refractivity contribution is 6.01. The molecule has 0 aliphatic carbocycles. The number of nitrogens with two attached hydrogens (primary N) is 1. The van der Waals surface area contributed by atoms with Crippen LogP contribution in [-0.2, 0) is 0 Å². The molecule has 0 spiro atoms. The van der Waals surface area contributed by atoms with Crippen molar-refractivity contribution in [1.29, 1.82) is 0 Å². The van der Waals surface area contributed by atoms with Crippen LogP contribution in [-0.4, -0.2) is 16.9 Å². The van der Waals surface area contributed by atoms with Gasteiger partial charge in [0.05, 0.1) is 10.5 Å². The van der Waals surface area contributed by atoms with Crippen molar-refractivity contribution in [3.05, 3.63) is 33.9 Å². The Morgan fingerprint density at radius 1 is 1.47 bits per heavy atom. The molecule has 0 saturated carbocycles. The van der Waals surface area contributed by atoms with Gasteiger partial charge in [-0.1, -0.05) is 26.3 Å². The van der Waals surface area contributed by atoms with E-state index in [-0.39, 0.29) is 28.9 Å². The Bertz CT molecular complexity index is 488. The molecule has 1 aromatic carbocycles. The van der Waals surface area contributed by atoms with E-state index in [4.69, 9.17) is 5.73 Å². The van der Waals surface area contributed by atoms with Crippen LogP contribution in [0.1, 0.15) is 37.6 Å². The summed E-state index contributed by atoms with van der Waals surface area (Å²) in [6, 6.07) is 4.21. The monoisotopic (exact) mass is 265 g/mol. The number of nitro groups is 1. The maximum absolute atomic E-state index is 12.1. The number of carbonyl (C=O) groups excluding carboxylic acids is 1. The van der Waals surface area contributed by atoms with Crippen molar-refractivity contribution in [2.75, 3.05) is 5.73 Å². The summed E-state index contributed by atoms with van der Waals surface area (Å²) >= 11 is 0. The lowest BCUT2D eigenvalue weighted by atomic mass is 10.0. The van der Waals surface area contributed by atoms with Gasteiger partial charge in [-0.05, 0) is 18.9 Å². The molecule has 3 N–H and O–H groups in total. The maximum atomic E-state index is 12.1. The van der Waals surface area contributed by atoms with Crippen molar-refractivity contribution in [3.63, 3.8) is 0 Å². The van der Waals surface area contributed by atoms with Gasteiger partial charge in [-0.2, -0.15) is 0 Å². The number of para-hydroxylation sites is 1. The number of nitro benzene ring substituents is 1. The van der Waals surface area contributed by atoms with E-state index in [1.54, 1.807) is 0 Å². The standard InChI is InChI=1S/C13H19N3O3/c1-4-8(2)9(3)15-13(17)10-6-5-7-11(12(10)14)16(18)19/h5-9H,4,14H2,1-3H3,(H,15,17). The quantitative estimate of drug-likeness (QED) is 0.485. The van der Waals surface area contributed by atoms with Crippen LogP contribution in [0, 0.1) is 16.0 Å². The molecule has 0 aliphatic heterocycles. The molecule has 0 aliphatic rings. The number of hydrogen-bond acceptors (Lipinski definition) is 4. The van der Waals surface area contributed by atoms with Gasteiger partial charge < -0.3 is 11.1 Å². The Kier molecular flexibility index (Phi) is 4.86. The van der Waals surface area contributed by atoms with Gasteiger partial charge in [-0.15, -0.1) is 0 Å². The lowest BCUT2D eigenvalue weighted by Crippen LogP contribution is -2.37. The van der Waals surface area contributed by atoms with Gasteiger partial charge in [0.15, 0.2) is 0 Å².